The Morgan fingerprint density at radius 3 is 2.71 bits per heavy atom. The minimum atomic E-state index is -0.984. The van der Waals surface area contributed by atoms with E-state index in [1.807, 2.05) is 54.7 Å². The predicted octanol–water partition coefficient (Wildman–Crippen LogP) is 4.79. The fourth-order valence-corrected chi connectivity index (χ4v) is 4.46. The topological polar surface area (TPSA) is 101 Å². The van der Waals surface area contributed by atoms with Gasteiger partial charge >= 0.3 is 5.97 Å². The van der Waals surface area contributed by atoms with Crippen LogP contribution in [0.25, 0.3) is 32.9 Å². The molecule has 0 unspecified atom stereocenters. The number of aromatic carboxylic acids is 1. The quantitative estimate of drug-likeness (QED) is 0.0996. The minimum Gasteiger partial charge on any atom is -0.478 e. The molecular weight excluding hydrogens is 458 g/mol. The highest BCUT2D eigenvalue weighted by atomic mass is 32.2. The van der Waals surface area contributed by atoms with Crippen LogP contribution in [-0.2, 0) is 18.6 Å². The van der Waals surface area contributed by atoms with Crippen LogP contribution < -0.4 is 5.32 Å². The van der Waals surface area contributed by atoms with Crippen molar-refractivity contribution in [3.05, 3.63) is 95.3 Å². The van der Waals surface area contributed by atoms with Crippen LogP contribution >= 0.6 is 0 Å². The molecule has 0 spiro atoms. The maximum absolute atomic E-state index is 12.0. The first-order chi connectivity index (χ1) is 17.1. The van der Waals surface area contributed by atoms with Crippen molar-refractivity contribution in [2.45, 2.75) is 6.54 Å². The second-order valence-corrected chi connectivity index (χ2v) is 8.93. The molecule has 5 aromatic rings. The summed E-state index contributed by atoms with van der Waals surface area (Å²) in [7, 11) is 0. The zero-order valence-electron chi connectivity index (χ0n) is 18.8. The van der Waals surface area contributed by atoms with Gasteiger partial charge in [-0.2, -0.15) is 4.55 Å². The van der Waals surface area contributed by atoms with Gasteiger partial charge in [-0.25, -0.2) is 4.79 Å². The fraction of sp³-hybridized carbons (Fsp3) is 0.107. The Morgan fingerprint density at radius 1 is 0.971 bits per heavy atom. The standard InChI is InChI=1S/C28H23N3O3S/c32-28(33)24-3-1-2-20(27(24)22-9-8-19-10-11-30-25(19)16-22)6-4-18-5-7-21-15-23(31-26(21)14-18)17-29-12-13-35-34/h1-3,5,7-11,14-16,29-31,34H,12-13,17H2,(H,32,33)/p+1. The molecule has 0 atom stereocenters. The average Bonchev–Trinajstić information content (AvgIpc) is 3.50. The van der Waals surface area contributed by atoms with Crippen LogP contribution in [0.4, 0.5) is 0 Å². The van der Waals surface area contributed by atoms with Crippen molar-refractivity contribution >= 4 is 39.8 Å². The molecule has 0 radical (unpaired) electrons. The van der Waals surface area contributed by atoms with Crippen molar-refractivity contribution in [1.82, 2.24) is 15.3 Å². The van der Waals surface area contributed by atoms with Gasteiger partial charge in [-0.1, -0.05) is 36.1 Å². The number of nitrogens with one attached hydrogen (secondary N) is 3. The second kappa shape index (κ2) is 10.1. The van der Waals surface area contributed by atoms with Crippen LogP contribution in [0.1, 0.15) is 27.2 Å². The van der Waals surface area contributed by atoms with Gasteiger partial charge in [0.15, 0.2) is 5.75 Å². The number of rotatable bonds is 7. The number of carbonyl (C=O) groups is 1. The van der Waals surface area contributed by atoms with Gasteiger partial charge in [0.25, 0.3) is 0 Å². The Labute approximate surface area is 206 Å². The third-order valence-corrected chi connectivity index (χ3v) is 6.29. The molecule has 0 bridgehead atoms. The lowest BCUT2D eigenvalue weighted by molar-refractivity contribution is 0.0697. The summed E-state index contributed by atoms with van der Waals surface area (Å²) in [6, 6.07) is 21.2. The van der Waals surface area contributed by atoms with E-state index >= 15 is 0 Å². The summed E-state index contributed by atoms with van der Waals surface area (Å²) >= 11 is 0.396. The summed E-state index contributed by atoms with van der Waals surface area (Å²) in [5.74, 6) is 6.14. The van der Waals surface area contributed by atoms with E-state index in [9.17, 15) is 9.90 Å². The molecule has 6 nitrogen and oxygen atoms in total. The first-order valence-electron chi connectivity index (χ1n) is 11.2. The van der Waals surface area contributed by atoms with E-state index in [4.69, 9.17) is 4.55 Å². The normalized spacial score (nSPS) is 11.0. The van der Waals surface area contributed by atoms with E-state index in [2.05, 4.69) is 33.2 Å². The van der Waals surface area contributed by atoms with Crippen molar-refractivity contribution in [3.63, 3.8) is 0 Å². The number of thiol groups is 1. The second-order valence-electron chi connectivity index (χ2n) is 8.20. The molecular formula is C28H24N3O3S+. The van der Waals surface area contributed by atoms with Crippen molar-refractivity contribution in [2.75, 3.05) is 12.3 Å². The van der Waals surface area contributed by atoms with Gasteiger partial charge < -0.3 is 20.4 Å². The van der Waals surface area contributed by atoms with Crippen LogP contribution in [0.3, 0.4) is 0 Å². The van der Waals surface area contributed by atoms with Crippen LogP contribution in [0, 0.1) is 11.8 Å². The van der Waals surface area contributed by atoms with Gasteiger partial charge in [0, 0.05) is 52.7 Å². The monoisotopic (exact) mass is 482 g/mol. The fourth-order valence-electron chi connectivity index (χ4n) is 4.20. The number of carboxylic acid groups (broad SMARTS) is 1. The van der Waals surface area contributed by atoms with Crippen LogP contribution in [-0.4, -0.2) is 37.9 Å². The molecule has 2 aromatic heterocycles. The first kappa shape index (κ1) is 22.8. The highest BCUT2D eigenvalue weighted by Gasteiger charge is 2.15. The number of hydrogen-bond acceptors (Lipinski definition) is 3. The number of aromatic nitrogens is 2. The molecule has 3 aromatic carbocycles. The molecule has 0 aliphatic heterocycles. The molecule has 35 heavy (non-hydrogen) atoms. The maximum Gasteiger partial charge on any atom is 0.336 e. The van der Waals surface area contributed by atoms with Crippen molar-refractivity contribution in [2.24, 2.45) is 0 Å². The molecule has 5 N–H and O–H groups in total. The molecule has 7 heteroatoms. The Bertz CT molecular complexity index is 1590. The number of fused-ring (bicyclic) bond motifs is 2. The Morgan fingerprint density at radius 2 is 1.86 bits per heavy atom. The third-order valence-electron chi connectivity index (χ3n) is 5.86. The van der Waals surface area contributed by atoms with Crippen molar-refractivity contribution in [1.29, 1.82) is 0 Å². The molecule has 0 saturated carbocycles. The summed E-state index contributed by atoms with van der Waals surface area (Å²) in [4.78, 5) is 18.6. The van der Waals surface area contributed by atoms with Gasteiger partial charge in [0.05, 0.1) is 5.56 Å². The van der Waals surface area contributed by atoms with E-state index < -0.39 is 5.97 Å². The highest BCUT2D eigenvalue weighted by Crippen LogP contribution is 2.30. The van der Waals surface area contributed by atoms with E-state index in [1.54, 1.807) is 12.1 Å². The molecule has 0 amide bonds. The van der Waals surface area contributed by atoms with E-state index in [0.717, 1.165) is 45.2 Å². The van der Waals surface area contributed by atoms with Gasteiger partial charge in [0.1, 0.15) is 12.0 Å². The molecule has 174 valence electrons. The van der Waals surface area contributed by atoms with Crippen molar-refractivity contribution in [3.8, 4) is 23.0 Å². The zero-order valence-corrected chi connectivity index (χ0v) is 19.7. The average molecular weight is 483 g/mol. The van der Waals surface area contributed by atoms with Gasteiger partial charge in [0.2, 0.25) is 0 Å². The third kappa shape index (κ3) is 4.96. The zero-order chi connectivity index (χ0) is 24.2. The summed E-state index contributed by atoms with van der Waals surface area (Å²) < 4.78 is 8.88. The van der Waals surface area contributed by atoms with Crippen LogP contribution in [0.2, 0.25) is 0 Å². The maximum atomic E-state index is 12.0. The Kier molecular flexibility index (Phi) is 6.59. The number of carboxylic acids is 1. The number of benzene rings is 3. The van der Waals surface area contributed by atoms with Gasteiger partial charge in [-0.05, 0) is 58.8 Å². The molecule has 0 aliphatic rings. The highest BCUT2D eigenvalue weighted by molar-refractivity contribution is 7.72. The summed E-state index contributed by atoms with van der Waals surface area (Å²) in [5, 5.41) is 15.3. The van der Waals surface area contributed by atoms with E-state index in [-0.39, 0.29) is 5.56 Å². The Hall–Kier alpha value is -3.96. The number of aromatic amines is 2. The molecule has 0 aliphatic carbocycles. The SMILES string of the molecule is O=C(O)c1cccc(C#Cc2ccc3cc(CNCC[SH+]O)[nH]c3c2)c1-c1ccc2cc[nH]c2c1. The summed E-state index contributed by atoms with van der Waals surface area (Å²) in [6.07, 6.45) is 1.87. The van der Waals surface area contributed by atoms with Crippen molar-refractivity contribution < 1.29 is 14.5 Å². The molecule has 5 rings (SSSR count). The lowest BCUT2D eigenvalue weighted by Crippen LogP contribution is -2.18. The van der Waals surface area contributed by atoms with Gasteiger partial charge in [-0.15, -0.1) is 0 Å². The predicted molar refractivity (Wildman–Crippen MR) is 143 cm³/mol. The number of H-pyrrole nitrogens is 2. The lowest BCUT2D eigenvalue weighted by Gasteiger charge is -2.10. The van der Waals surface area contributed by atoms with E-state index in [1.165, 1.54) is 0 Å². The molecule has 0 saturated heterocycles. The summed E-state index contributed by atoms with van der Waals surface area (Å²) in [5.41, 5.74) is 6.14. The number of hydrogen-bond donors (Lipinski definition) is 5. The smallest absolute Gasteiger partial charge is 0.336 e. The minimum absolute atomic E-state index is 0.223. The van der Waals surface area contributed by atoms with Crippen LogP contribution in [0.5, 0.6) is 0 Å². The first-order valence-corrected chi connectivity index (χ1v) is 12.2. The van der Waals surface area contributed by atoms with Crippen LogP contribution in [0.15, 0.2) is 72.9 Å². The van der Waals surface area contributed by atoms with E-state index in [0.29, 0.717) is 35.5 Å². The molecule has 0 fully saturated rings. The lowest BCUT2D eigenvalue weighted by atomic mass is 9.93. The largest absolute Gasteiger partial charge is 0.478 e. The van der Waals surface area contributed by atoms with Gasteiger partial charge in [-0.3, -0.25) is 0 Å². The summed E-state index contributed by atoms with van der Waals surface area (Å²) in [6.45, 7) is 1.44. The Balaban J connectivity index is 1.49. The molecule has 2 heterocycles.